The monoisotopic (exact) mass is 343 g/mol. The Kier molecular flexibility index (Phi) is 4.22. The van der Waals surface area contributed by atoms with Crippen LogP contribution < -0.4 is 11.3 Å². The van der Waals surface area contributed by atoms with E-state index in [1.165, 1.54) is 10.6 Å². The molecule has 0 aliphatic heterocycles. The Morgan fingerprint density at radius 3 is 2.62 bits per heavy atom. The Labute approximate surface area is 142 Å². The van der Waals surface area contributed by atoms with Crippen LogP contribution in [0.2, 0.25) is 5.02 Å². The number of halogens is 1. The minimum atomic E-state index is -0.683. The first-order chi connectivity index (χ1) is 11.5. The zero-order valence-electron chi connectivity index (χ0n) is 12.8. The molecule has 1 aromatic carbocycles. The molecule has 0 saturated heterocycles. The topological polar surface area (TPSA) is 91.1 Å². The number of nitrogens with zero attached hydrogens (tertiary/aromatic N) is 2. The molecule has 0 saturated carbocycles. The maximum atomic E-state index is 12.1. The van der Waals surface area contributed by atoms with Gasteiger partial charge in [0.05, 0.1) is 12.1 Å². The van der Waals surface area contributed by atoms with E-state index in [9.17, 15) is 9.59 Å². The van der Waals surface area contributed by atoms with Gasteiger partial charge in [-0.3, -0.25) is 9.59 Å². The van der Waals surface area contributed by atoms with Crippen molar-refractivity contribution in [2.45, 2.75) is 13.5 Å². The van der Waals surface area contributed by atoms with E-state index in [0.29, 0.717) is 28.5 Å². The number of hydrogen-bond donors (Lipinski definition) is 1. The van der Waals surface area contributed by atoms with Crippen LogP contribution in [0.3, 0.4) is 0 Å². The Morgan fingerprint density at radius 2 is 1.96 bits per heavy atom. The van der Waals surface area contributed by atoms with Crippen molar-refractivity contribution < 1.29 is 9.32 Å². The van der Waals surface area contributed by atoms with Crippen molar-refractivity contribution in [1.29, 1.82) is 0 Å². The zero-order chi connectivity index (χ0) is 17.3. The third-order valence-electron chi connectivity index (χ3n) is 3.63. The highest BCUT2D eigenvalue weighted by atomic mass is 35.5. The standard InChI is InChI=1S/C17H14ClN3O3/c1-10-15(16(17(19)23)20-24-10)12-4-7-14(22)21(9-12)8-11-2-5-13(18)6-3-11/h2-7,9H,8H2,1H3,(H2,19,23). The first kappa shape index (κ1) is 16.0. The van der Waals surface area contributed by atoms with Gasteiger partial charge in [-0.05, 0) is 30.7 Å². The summed E-state index contributed by atoms with van der Waals surface area (Å²) in [4.78, 5) is 23.6. The smallest absolute Gasteiger partial charge is 0.271 e. The van der Waals surface area contributed by atoms with E-state index in [0.717, 1.165) is 5.56 Å². The number of amides is 1. The number of aryl methyl sites for hydroxylation is 1. The number of carbonyl (C=O) groups is 1. The summed E-state index contributed by atoms with van der Waals surface area (Å²) < 4.78 is 6.60. The summed E-state index contributed by atoms with van der Waals surface area (Å²) in [6, 6.07) is 10.3. The van der Waals surface area contributed by atoms with Crippen molar-refractivity contribution in [3.63, 3.8) is 0 Å². The lowest BCUT2D eigenvalue weighted by Gasteiger charge is -2.09. The summed E-state index contributed by atoms with van der Waals surface area (Å²) in [6.45, 7) is 2.06. The zero-order valence-corrected chi connectivity index (χ0v) is 13.6. The van der Waals surface area contributed by atoms with E-state index < -0.39 is 5.91 Å². The third-order valence-corrected chi connectivity index (χ3v) is 3.89. The molecule has 7 heteroatoms. The molecule has 122 valence electrons. The Bertz CT molecular complexity index is 958. The molecule has 0 unspecified atom stereocenters. The van der Waals surface area contributed by atoms with E-state index in [1.54, 1.807) is 31.3 Å². The molecule has 1 amide bonds. The van der Waals surface area contributed by atoms with Crippen LogP contribution in [0.4, 0.5) is 0 Å². The van der Waals surface area contributed by atoms with Gasteiger partial charge in [-0.15, -0.1) is 0 Å². The maximum absolute atomic E-state index is 12.1. The molecule has 3 aromatic rings. The molecule has 0 atom stereocenters. The molecule has 0 aliphatic carbocycles. The molecule has 3 rings (SSSR count). The lowest BCUT2D eigenvalue weighted by molar-refractivity contribution is 0.0992. The van der Waals surface area contributed by atoms with E-state index in [-0.39, 0.29) is 11.3 Å². The Balaban J connectivity index is 2.04. The molecule has 0 bridgehead atoms. The van der Waals surface area contributed by atoms with Gasteiger partial charge in [0, 0.05) is 22.8 Å². The van der Waals surface area contributed by atoms with Crippen molar-refractivity contribution in [3.05, 3.63) is 75.0 Å². The number of pyridine rings is 1. The average molecular weight is 344 g/mol. The van der Waals surface area contributed by atoms with Crippen molar-refractivity contribution >= 4 is 17.5 Å². The third kappa shape index (κ3) is 3.09. The fraction of sp³-hybridized carbons (Fsp3) is 0.118. The van der Waals surface area contributed by atoms with Gasteiger partial charge in [0.15, 0.2) is 5.69 Å². The van der Waals surface area contributed by atoms with Crippen molar-refractivity contribution in [3.8, 4) is 11.1 Å². The summed E-state index contributed by atoms with van der Waals surface area (Å²) in [5, 5.41) is 4.32. The summed E-state index contributed by atoms with van der Waals surface area (Å²) in [6.07, 6.45) is 1.66. The van der Waals surface area contributed by atoms with Gasteiger partial charge in [0.2, 0.25) is 0 Å². The summed E-state index contributed by atoms with van der Waals surface area (Å²) >= 11 is 5.87. The van der Waals surface area contributed by atoms with Gasteiger partial charge < -0.3 is 14.8 Å². The average Bonchev–Trinajstić information content (AvgIpc) is 2.94. The highest BCUT2D eigenvalue weighted by Gasteiger charge is 2.19. The minimum Gasteiger partial charge on any atom is -0.364 e. The predicted octanol–water partition coefficient (Wildman–Crippen LogP) is 2.61. The van der Waals surface area contributed by atoms with Gasteiger partial charge in [0.1, 0.15) is 5.76 Å². The van der Waals surface area contributed by atoms with Crippen LogP contribution in [-0.2, 0) is 6.54 Å². The molecule has 0 spiro atoms. The molecule has 0 radical (unpaired) electrons. The van der Waals surface area contributed by atoms with Crippen LogP contribution in [0.1, 0.15) is 21.8 Å². The number of benzene rings is 1. The van der Waals surface area contributed by atoms with E-state index >= 15 is 0 Å². The fourth-order valence-electron chi connectivity index (χ4n) is 2.47. The molecule has 6 nitrogen and oxygen atoms in total. The highest BCUT2D eigenvalue weighted by Crippen LogP contribution is 2.26. The Hall–Kier alpha value is -2.86. The number of hydrogen-bond acceptors (Lipinski definition) is 4. The summed E-state index contributed by atoms with van der Waals surface area (Å²) in [7, 11) is 0. The second kappa shape index (κ2) is 6.33. The number of primary amides is 1. The van der Waals surface area contributed by atoms with Gasteiger partial charge in [-0.1, -0.05) is 28.9 Å². The van der Waals surface area contributed by atoms with Crippen LogP contribution >= 0.6 is 11.6 Å². The molecule has 2 heterocycles. The fourth-order valence-corrected chi connectivity index (χ4v) is 2.60. The molecular formula is C17H14ClN3O3. The summed E-state index contributed by atoms with van der Waals surface area (Å²) in [5.74, 6) is -0.224. The van der Waals surface area contributed by atoms with Crippen molar-refractivity contribution in [1.82, 2.24) is 9.72 Å². The van der Waals surface area contributed by atoms with Gasteiger partial charge in [-0.2, -0.15) is 0 Å². The molecule has 2 aromatic heterocycles. The van der Waals surface area contributed by atoms with E-state index in [4.69, 9.17) is 21.9 Å². The van der Waals surface area contributed by atoms with E-state index in [1.807, 2.05) is 12.1 Å². The minimum absolute atomic E-state index is 0.0455. The van der Waals surface area contributed by atoms with Crippen LogP contribution in [0.25, 0.3) is 11.1 Å². The van der Waals surface area contributed by atoms with Gasteiger partial charge in [-0.25, -0.2) is 0 Å². The summed E-state index contributed by atoms with van der Waals surface area (Å²) in [5.41, 5.74) is 7.27. The molecule has 24 heavy (non-hydrogen) atoms. The predicted molar refractivity (Wildman–Crippen MR) is 90.0 cm³/mol. The molecular weight excluding hydrogens is 330 g/mol. The first-order valence-corrected chi connectivity index (χ1v) is 7.55. The highest BCUT2D eigenvalue weighted by molar-refractivity contribution is 6.30. The second-order valence-corrected chi connectivity index (χ2v) is 5.77. The SMILES string of the molecule is Cc1onc(C(N)=O)c1-c1ccc(=O)n(Cc2ccc(Cl)cc2)c1. The first-order valence-electron chi connectivity index (χ1n) is 7.17. The van der Waals surface area contributed by atoms with E-state index in [2.05, 4.69) is 5.16 Å². The van der Waals surface area contributed by atoms with Gasteiger partial charge >= 0.3 is 0 Å². The number of rotatable bonds is 4. The van der Waals surface area contributed by atoms with Crippen LogP contribution in [0, 0.1) is 6.92 Å². The lowest BCUT2D eigenvalue weighted by atomic mass is 10.1. The number of aromatic nitrogens is 2. The number of carbonyl (C=O) groups excluding carboxylic acids is 1. The molecule has 2 N–H and O–H groups in total. The van der Waals surface area contributed by atoms with Crippen LogP contribution in [0.5, 0.6) is 0 Å². The van der Waals surface area contributed by atoms with Crippen LogP contribution in [-0.4, -0.2) is 15.6 Å². The molecule has 0 fully saturated rings. The molecule has 0 aliphatic rings. The number of nitrogens with two attached hydrogens (primary N) is 1. The lowest BCUT2D eigenvalue weighted by Crippen LogP contribution is -2.19. The van der Waals surface area contributed by atoms with Crippen molar-refractivity contribution in [2.75, 3.05) is 0 Å². The normalized spacial score (nSPS) is 10.8. The van der Waals surface area contributed by atoms with Gasteiger partial charge in [0.25, 0.3) is 11.5 Å². The second-order valence-electron chi connectivity index (χ2n) is 5.34. The Morgan fingerprint density at radius 1 is 1.25 bits per heavy atom. The van der Waals surface area contributed by atoms with Crippen LogP contribution in [0.15, 0.2) is 51.9 Å². The van der Waals surface area contributed by atoms with Crippen molar-refractivity contribution in [2.24, 2.45) is 5.73 Å². The quantitative estimate of drug-likeness (QED) is 0.788. The largest absolute Gasteiger partial charge is 0.364 e. The maximum Gasteiger partial charge on any atom is 0.271 e.